The van der Waals surface area contributed by atoms with Crippen LogP contribution in [0.5, 0.6) is 5.75 Å². The fraction of sp³-hybridized carbons (Fsp3) is 0.368. The molecule has 1 amide bonds. The topological polar surface area (TPSA) is 75.3 Å². The van der Waals surface area contributed by atoms with Gasteiger partial charge in [0.2, 0.25) is 5.88 Å². The first-order chi connectivity index (χ1) is 11.3. The Morgan fingerprint density at radius 2 is 2.04 bits per heavy atom. The Balaban J connectivity index is 2.09. The van der Waals surface area contributed by atoms with Crippen LogP contribution in [0.15, 0.2) is 22.6 Å². The summed E-state index contributed by atoms with van der Waals surface area (Å²) in [6.45, 7) is 9.52. The maximum atomic E-state index is 12.1. The lowest BCUT2D eigenvalue weighted by Gasteiger charge is -2.14. The number of carbonyl (C=O) groups excluding carboxylic acids is 1. The predicted molar refractivity (Wildman–Crippen MR) is 92.3 cm³/mol. The molecule has 24 heavy (non-hydrogen) atoms. The molecule has 126 valence electrons. The normalized spacial score (nSPS) is 10.5. The Labute approximate surface area is 142 Å². The van der Waals surface area contributed by atoms with Gasteiger partial charge in [0.05, 0.1) is 0 Å². The van der Waals surface area contributed by atoms with Crippen molar-refractivity contribution < 1.29 is 13.9 Å². The molecule has 0 aliphatic heterocycles. The Bertz CT molecular complexity index is 798. The van der Waals surface area contributed by atoms with E-state index in [4.69, 9.17) is 14.4 Å². The first-order valence-corrected chi connectivity index (χ1v) is 7.86. The highest BCUT2D eigenvalue weighted by Gasteiger charge is 2.17. The minimum Gasteiger partial charge on any atom is -0.483 e. The van der Waals surface area contributed by atoms with Crippen LogP contribution in [0.25, 0.3) is 0 Å². The molecule has 0 fully saturated rings. The van der Waals surface area contributed by atoms with Crippen molar-refractivity contribution in [1.82, 2.24) is 0 Å². The number of nitrogens with zero attached hydrogens (tertiary/aromatic N) is 1. The van der Waals surface area contributed by atoms with Crippen LogP contribution in [0, 0.1) is 32.1 Å². The summed E-state index contributed by atoms with van der Waals surface area (Å²) in [6.07, 6.45) is 0. The molecule has 5 nitrogen and oxygen atoms in total. The van der Waals surface area contributed by atoms with Gasteiger partial charge in [0, 0.05) is 5.56 Å². The van der Waals surface area contributed by atoms with E-state index in [1.165, 1.54) is 0 Å². The molecule has 0 spiro atoms. The molecule has 1 aromatic carbocycles. The Kier molecular flexibility index (Phi) is 5.30. The van der Waals surface area contributed by atoms with Crippen LogP contribution >= 0.6 is 0 Å². The van der Waals surface area contributed by atoms with E-state index in [1.807, 2.05) is 31.2 Å². The largest absolute Gasteiger partial charge is 0.483 e. The van der Waals surface area contributed by atoms with E-state index in [0.717, 1.165) is 16.7 Å². The number of nitrogens with one attached hydrogen (secondary N) is 1. The fourth-order valence-electron chi connectivity index (χ4n) is 2.40. The van der Waals surface area contributed by atoms with Crippen molar-refractivity contribution in [2.75, 3.05) is 11.9 Å². The van der Waals surface area contributed by atoms with Crippen molar-refractivity contribution in [3.63, 3.8) is 0 Å². The van der Waals surface area contributed by atoms with Gasteiger partial charge in [-0.15, -0.1) is 0 Å². The fourth-order valence-corrected chi connectivity index (χ4v) is 2.40. The summed E-state index contributed by atoms with van der Waals surface area (Å²) in [7, 11) is 0. The van der Waals surface area contributed by atoms with Gasteiger partial charge in [-0.1, -0.05) is 26.0 Å². The first-order valence-electron chi connectivity index (χ1n) is 7.86. The van der Waals surface area contributed by atoms with Crippen molar-refractivity contribution in [2.45, 2.75) is 40.5 Å². The minimum atomic E-state index is -0.364. The molecular weight excluding hydrogens is 304 g/mol. The zero-order valence-corrected chi connectivity index (χ0v) is 14.7. The molecule has 2 rings (SSSR count). The van der Waals surface area contributed by atoms with Crippen LogP contribution in [0.2, 0.25) is 0 Å². The molecule has 5 heteroatoms. The molecule has 0 aliphatic carbocycles. The highest BCUT2D eigenvalue weighted by atomic mass is 16.5. The van der Waals surface area contributed by atoms with Gasteiger partial charge in [-0.05, 0) is 43.9 Å². The van der Waals surface area contributed by atoms with E-state index >= 15 is 0 Å². The van der Waals surface area contributed by atoms with E-state index in [1.54, 1.807) is 13.8 Å². The van der Waals surface area contributed by atoms with Gasteiger partial charge >= 0.3 is 0 Å². The van der Waals surface area contributed by atoms with Crippen molar-refractivity contribution >= 4 is 11.8 Å². The van der Waals surface area contributed by atoms with Crippen LogP contribution in [-0.2, 0) is 4.79 Å². The van der Waals surface area contributed by atoms with Crippen molar-refractivity contribution in [3.05, 3.63) is 46.2 Å². The van der Waals surface area contributed by atoms with Crippen molar-refractivity contribution in [2.24, 2.45) is 0 Å². The Hall–Kier alpha value is -2.74. The van der Waals surface area contributed by atoms with Crippen LogP contribution in [-0.4, -0.2) is 12.5 Å². The van der Waals surface area contributed by atoms with Gasteiger partial charge in [-0.3, -0.25) is 10.1 Å². The van der Waals surface area contributed by atoms with Gasteiger partial charge in [0.15, 0.2) is 6.61 Å². The average Bonchev–Trinajstić information content (AvgIpc) is 2.78. The summed E-state index contributed by atoms with van der Waals surface area (Å²) in [5.74, 6) is 1.42. The molecule has 2 aromatic rings. The summed E-state index contributed by atoms with van der Waals surface area (Å²) < 4.78 is 11.1. The number of carbonyl (C=O) groups is 1. The number of nitriles is 1. The zero-order valence-electron chi connectivity index (χ0n) is 14.7. The summed E-state index contributed by atoms with van der Waals surface area (Å²) in [6, 6.07) is 8.01. The summed E-state index contributed by atoms with van der Waals surface area (Å²) in [5, 5.41) is 11.8. The van der Waals surface area contributed by atoms with Crippen LogP contribution in [0.1, 0.15) is 47.8 Å². The quantitative estimate of drug-likeness (QED) is 0.892. The SMILES string of the molecule is Cc1ccc(C(C)C)c(OCC(=O)Nc2oc(C)c(C)c2C#N)c1. The van der Waals surface area contributed by atoms with E-state index in [2.05, 4.69) is 19.2 Å². The maximum absolute atomic E-state index is 12.1. The number of ether oxygens (including phenoxy) is 1. The van der Waals surface area contributed by atoms with E-state index < -0.39 is 0 Å². The van der Waals surface area contributed by atoms with Crippen molar-refractivity contribution in [3.8, 4) is 11.8 Å². The highest BCUT2D eigenvalue weighted by molar-refractivity contribution is 5.92. The van der Waals surface area contributed by atoms with E-state index in [0.29, 0.717) is 23.0 Å². The summed E-state index contributed by atoms with van der Waals surface area (Å²) >= 11 is 0. The van der Waals surface area contributed by atoms with Gasteiger partial charge in [0.25, 0.3) is 5.91 Å². The summed E-state index contributed by atoms with van der Waals surface area (Å²) in [4.78, 5) is 12.1. The van der Waals surface area contributed by atoms with E-state index in [9.17, 15) is 4.79 Å². The third-order valence-electron chi connectivity index (χ3n) is 3.90. The Morgan fingerprint density at radius 1 is 1.33 bits per heavy atom. The van der Waals surface area contributed by atoms with Crippen LogP contribution < -0.4 is 10.1 Å². The number of hydrogen-bond donors (Lipinski definition) is 1. The lowest BCUT2D eigenvalue weighted by molar-refractivity contribution is -0.118. The van der Waals surface area contributed by atoms with Gasteiger partial charge in [-0.2, -0.15) is 5.26 Å². The number of furan rings is 1. The second-order valence-corrected chi connectivity index (χ2v) is 6.13. The predicted octanol–water partition coefficient (Wildman–Crippen LogP) is 4.22. The molecule has 0 radical (unpaired) electrons. The third kappa shape index (κ3) is 3.77. The second-order valence-electron chi connectivity index (χ2n) is 6.13. The van der Waals surface area contributed by atoms with Crippen LogP contribution in [0.3, 0.4) is 0 Å². The monoisotopic (exact) mass is 326 g/mol. The molecule has 0 saturated carbocycles. The number of anilines is 1. The van der Waals surface area contributed by atoms with Gasteiger partial charge < -0.3 is 9.15 Å². The molecule has 1 aromatic heterocycles. The average molecular weight is 326 g/mol. The van der Waals surface area contributed by atoms with Gasteiger partial charge in [-0.25, -0.2) is 0 Å². The molecule has 0 bridgehead atoms. The first kappa shape index (κ1) is 17.6. The third-order valence-corrected chi connectivity index (χ3v) is 3.90. The molecular formula is C19H22N2O3. The minimum absolute atomic E-state index is 0.146. The molecule has 1 heterocycles. The molecule has 1 N–H and O–H groups in total. The number of hydrogen-bond acceptors (Lipinski definition) is 4. The van der Waals surface area contributed by atoms with E-state index in [-0.39, 0.29) is 18.4 Å². The number of amides is 1. The molecule has 0 atom stereocenters. The number of rotatable bonds is 5. The second kappa shape index (κ2) is 7.22. The molecule has 0 aliphatic rings. The van der Waals surface area contributed by atoms with Crippen LogP contribution in [0.4, 0.5) is 5.88 Å². The maximum Gasteiger partial charge on any atom is 0.264 e. The standard InChI is InChI=1S/C19H22N2O3/c1-11(2)15-7-6-12(3)8-17(15)23-10-18(22)21-19-16(9-20)13(4)14(5)24-19/h6-8,11H,10H2,1-5H3,(H,21,22). The lowest BCUT2D eigenvalue weighted by atomic mass is 10.0. The van der Waals surface area contributed by atoms with Gasteiger partial charge in [0.1, 0.15) is 23.1 Å². The smallest absolute Gasteiger partial charge is 0.264 e. The number of benzene rings is 1. The van der Waals surface area contributed by atoms with Crippen molar-refractivity contribution in [1.29, 1.82) is 5.26 Å². The zero-order chi connectivity index (χ0) is 17.9. The number of aryl methyl sites for hydroxylation is 2. The Morgan fingerprint density at radius 3 is 2.67 bits per heavy atom. The lowest BCUT2D eigenvalue weighted by Crippen LogP contribution is -2.20. The summed E-state index contributed by atoms with van der Waals surface area (Å²) in [5.41, 5.74) is 3.20. The highest BCUT2D eigenvalue weighted by Crippen LogP contribution is 2.28. The molecule has 0 unspecified atom stereocenters. The molecule has 0 saturated heterocycles.